The molecule has 1 unspecified atom stereocenters. The van der Waals surface area contributed by atoms with Crippen LogP contribution in [0.1, 0.15) is 11.6 Å². The van der Waals surface area contributed by atoms with Crippen molar-refractivity contribution in [2.24, 2.45) is 11.5 Å². The number of methoxy groups -OCH3 is 1. The fourth-order valence-corrected chi connectivity index (χ4v) is 1.48. The Morgan fingerprint density at radius 1 is 1.57 bits per heavy atom. The van der Waals surface area contributed by atoms with Gasteiger partial charge in [-0.15, -0.1) is 0 Å². The second-order valence-corrected chi connectivity index (χ2v) is 3.68. The van der Waals surface area contributed by atoms with Crippen molar-refractivity contribution < 1.29 is 9.53 Å². The van der Waals surface area contributed by atoms with Gasteiger partial charge in [-0.25, -0.2) is 0 Å². The molecule has 14 heavy (non-hydrogen) atoms. The van der Waals surface area contributed by atoms with E-state index in [-0.39, 0.29) is 0 Å². The van der Waals surface area contributed by atoms with E-state index >= 15 is 0 Å². The molecule has 1 amide bonds. The Balaban J connectivity index is 3.16. The van der Waals surface area contributed by atoms with Crippen LogP contribution in [0.25, 0.3) is 0 Å². The second-order valence-electron chi connectivity index (χ2n) is 2.77. The summed E-state index contributed by atoms with van der Waals surface area (Å²) < 4.78 is 5.89. The van der Waals surface area contributed by atoms with Crippen LogP contribution in [0, 0.1) is 0 Å². The van der Waals surface area contributed by atoms with Crippen LogP contribution in [-0.2, 0) is 4.79 Å². The van der Waals surface area contributed by atoms with E-state index in [1.54, 1.807) is 18.2 Å². The highest BCUT2D eigenvalue weighted by atomic mass is 79.9. The molecule has 1 atom stereocenters. The van der Waals surface area contributed by atoms with Crippen LogP contribution in [0.4, 0.5) is 0 Å². The van der Waals surface area contributed by atoms with E-state index in [1.165, 1.54) is 7.11 Å². The Morgan fingerprint density at radius 2 is 2.21 bits per heavy atom. The van der Waals surface area contributed by atoms with Gasteiger partial charge in [0.1, 0.15) is 11.8 Å². The lowest BCUT2D eigenvalue weighted by Crippen LogP contribution is -2.28. The van der Waals surface area contributed by atoms with Crippen LogP contribution in [-0.4, -0.2) is 13.0 Å². The Bertz CT molecular complexity index is 355. The minimum Gasteiger partial charge on any atom is -0.496 e. The number of rotatable bonds is 3. The van der Waals surface area contributed by atoms with Crippen LogP contribution in [0.3, 0.4) is 0 Å². The predicted octanol–water partition coefficient (Wildman–Crippen LogP) is 0.943. The summed E-state index contributed by atoms with van der Waals surface area (Å²) in [5.41, 5.74) is 11.3. The lowest BCUT2D eigenvalue weighted by molar-refractivity contribution is -0.119. The molecule has 0 saturated heterocycles. The van der Waals surface area contributed by atoms with Gasteiger partial charge in [-0.1, -0.05) is 15.9 Å². The zero-order chi connectivity index (χ0) is 10.7. The van der Waals surface area contributed by atoms with E-state index in [2.05, 4.69) is 15.9 Å². The lowest BCUT2D eigenvalue weighted by atomic mass is 10.1. The van der Waals surface area contributed by atoms with Crippen molar-refractivity contribution in [1.82, 2.24) is 0 Å². The first-order valence-electron chi connectivity index (χ1n) is 3.94. The van der Waals surface area contributed by atoms with Gasteiger partial charge in [0, 0.05) is 10.0 Å². The summed E-state index contributed by atoms with van der Waals surface area (Å²) in [5.74, 6) is -0.0269. The number of nitrogens with two attached hydrogens (primary N) is 2. The van der Waals surface area contributed by atoms with E-state index in [1.807, 2.05) is 0 Å². The standard InChI is InChI=1S/C9H11BrN2O2/c1-14-7-3-2-5(10)4-6(7)8(11)9(12)13/h2-4,8H,11H2,1H3,(H2,12,13). The lowest BCUT2D eigenvalue weighted by Gasteiger charge is -2.12. The van der Waals surface area contributed by atoms with E-state index in [9.17, 15) is 4.79 Å². The van der Waals surface area contributed by atoms with E-state index in [0.29, 0.717) is 11.3 Å². The van der Waals surface area contributed by atoms with Crippen molar-refractivity contribution in [2.45, 2.75) is 6.04 Å². The molecule has 4 N–H and O–H groups in total. The third-order valence-electron chi connectivity index (χ3n) is 1.83. The molecule has 0 aromatic heterocycles. The highest BCUT2D eigenvalue weighted by Crippen LogP contribution is 2.27. The largest absolute Gasteiger partial charge is 0.496 e. The molecule has 76 valence electrons. The van der Waals surface area contributed by atoms with Gasteiger partial charge >= 0.3 is 0 Å². The van der Waals surface area contributed by atoms with Gasteiger partial charge < -0.3 is 16.2 Å². The van der Waals surface area contributed by atoms with Crippen molar-refractivity contribution in [3.63, 3.8) is 0 Å². The van der Waals surface area contributed by atoms with E-state index < -0.39 is 11.9 Å². The zero-order valence-corrected chi connectivity index (χ0v) is 9.24. The maximum atomic E-state index is 10.9. The molecule has 1 aromatic carbocycles. The average Bonchev–Trinajstić information content (AvgIpc) is 2.16. The van der Waals surface area contributed by atoms with Gasteiger partial charge in [0.05, 0.1) is 7.11 Å². The highest BCUT2D eigenvalue weighted by molar-refractivity contribution is 9.10. The number of ether oxygens (including phenoxy) is 1. The topological polar surface area (TPSA) is 78.3 Å². The maximum Gasteiger partial charge on any atom is 0.239 e. The highest BCUT2D eigenvalue weighted by Gasteiger charge is 2.16. The molecule has 0 aliphatic rings. The Morgan fingerprint density at radius 3 is 2.71 bits per heavy atom. The second kappa shape index (κ2) is 4.43. The molecular weight excluding hydrogens is 248 g/mol. The number of amides is 1. The summed E-state index contributed by atoms with van der Waals surface area (Å²) in [6.45, 7) is 0. The average molecular weight is 259 g/mol. The summed E-state index contributed by atoms with van der Waals surface area (Å²) in [6.07, 6.45) is 0. The summed E-state index contributed by atoms with van der Waals surface area (Å²) in [7, 11) is 1.51. The molecule has 5 heteroatoms. The molecule has 0 fully saturated rings. The van der Waals surface area contributed by atoms with Gasteiger partial charge in [0.2, 0.25) is 5.91 Å². The van der Waals surface area contributed by atoms with Crippen LogP contribution < -0.4 is 16.2 Å². The van der Waals surface area contributed by atoms with Crippen LogP contribution >= 0.6 is 15.9 Å². The van der Waals surface area contributed by atoms with Gasteiger partial charge in [-0.2, -0.15) is 0 Å². The monoisotopic (exact) mass is 258 g/mol. The minimum atomic E-state index is -0.845. The zero-order valence-electron chi connectivity index (χ0n) is 7.66. The quantitative estimate of drug-likeness (QED) is 0.847. The maximum absolute atomic E-state index is 10.9. The van der Waals surface area contributed by atoms with Gasteiger partial charge in [0.25, 0.3) is 0 Å². The molecule has 0 heterocycles. The number of primary amides is 1. The molecule has 0 aliphatic heterocycles. The predicted molar refractivity (Wildman–Crippen MR) is 56.8 cm³/mol. The van der Waals surface area contributed by atoms with Gasteiger partial charge in [-0.3, -0.25) is 4.79 Å². The van der Waals surface area contributed by atoms with Crippen molar-refractivity contribution >= 4 is 21.8 Å². The van der Waals surface area contributed by atoms with E-state index in [0.717, 1.165) is 4.47 Å². The molecule has 1 rings (SSSR count). The summed E-state index contributed by atoms with van der Waals surface area (Å²) in [5, 5.41) is 0. The Kier molecular flexibility index (Phi) is 3.49. The summed E-state index contributed by atoms with van der Waals surface area (Å²) >= 11 is 3.28. The SMILES string of the molecule is COc1ccc(Br)cc1C(N)C(N)=O. The van der Waals surface area contributed by atoms with Gasteiger partial charge in [-0.05, 0) is 18.2 Å². The Hall–Kier alpha value is -1.07. The molecule has 0 bridgehead atoms. The van der Waals surface area contributed by atoms with Crippen molar-refractivity contribution in [3.05, 3.63) is 28.2 Å². The molecule has 0 spiro atoms. The number of benzene rings is 1. The third kappa shape index (κ3) is 2.24. The number of carbonyl (C=O) groups excluding carboxylic acids is 1. The first-order chi connectivity index (χ1) is 6.56. The molecule has 0 radical (unpaired) electrons. The van der Waals surface area contributed by atoms with Crippen LogP contribution in [0.15, 0.2) is 22.7 Å². The summed E-state index contributed by atoms with van der Waals surface area (Å²) in [4.78, 5) is 10.9. The normalized spacial score (nSPS) is 12.2. The minimum absolute atomic E-state index is 0.555. The smallest absolute Gasteiger partial charge is 0.239 e. The van der Waals surface area contributed by atoms with Crippen molar-refractivity contribution in [1.29, 1.82) is 0 Å². The van der Waals surface area contributed by atoms with Crippen LogP contribution in [0.5, 0.6) is 5.75 Å². The van der Waals surface area contributed by atoms with E-state index in [4.69, 9.17) is 16.2 Å². The fourth-order valence-electron chi connectivity index (χ4n) is 1.10. The first-order valence-corrected chi connectivity index (χ1v) is 4.74. The molecule has 0 saturated carbocycles. The number of hydrogen-bond donors (Lipinski definition) is 2. The Labute approximate surface area is 90.3 Å². The third-order valence-corrected chi connectivity index (χ3v) is 2.33. The number of halogens is 1. The van der Waals surface area contributed by atoms with Gasteiger partial charge in [0.15, 0.2) is 0 Å². The fraction of sp³-hybridized carbons (Fsp3) is 0.222. The van der Waals surface area contributed by atoms with Crippen molar-refractivity contribution in [3.8, 4) is 5.75 Å². The number of carbonyl (C=O) groups is 1. The first kappa shape index (κ1) is 11.0. The molecular formula is C9H11BrN2O2. The molecule has 4 nitrogen and oxygen atoms in total. The number of hydrogen-bond acceptors (Lipinski definition) is 3. The van der Waals surface area contributed by atoms with Crippen LogP contribution in [0.2, 0.25) is 0 Å². The molecule has 1 aromatic rings. The molecule has 0 aliphatic carbocycles. The summed E-state index contributed by atoms with van der Waals surface area (Å²) in [6, 6.07) is 4.40. The van der Waals surface area contributed by atoms with Crippen molar-refractivity contribution in [2.75, 3.05) is 7.11 Å².